The zero-order valence-electron chi connectivity index (χ0n) is 14.6. The molecular weight excluding hydrogens is 352 g/mol. The Kier molecular flexibility index (Phi) is 4.34. The number of aliphatic hydroxyl groups is 2. The summed E-state index contributed by atoms with van der Waals surface area (Å²) in [6, 6.07) is 9.92. The maximum Gasteiger partial charge on any atom is 0.142 e. The highest BCUT2D eigenvalue weighted by Crippen LogP contribution is 2.33. The van der Waals surface area contributed by atoms with E-state index in [2.05, 4.69) is 9.88 Å². The molecule has 1 aromatic carbocycles. The fraction of sp³-hybridized carbons (Fsp3) is 0.368. The standard InChI is InChI=1S/C19H21ClN4O2/c1-23-16-5-3-2-4-15(16)22-18(23)13-10-17(21-11-14(13)20)24-8-6-19(26,12-25)7-9-24/h2-5,10-11,25-26H,6-9,12H2,1H3. The minimum absolute atomic E-state index is 0.208. The smallest absolute Gasteiger partial charge is 0.142 e. The second kappa shape index (κ2) is 6.54. The van der Waals surface area contributed by atoms with Gasteiger partial charge in [-0.2, -0.15) is 0 Å². The maximum atomic E-state index is 10.2. The van der Waals surface area contributed by atoms with E-state index in [-0.39, 0.29) is 6.61 Å². The molecule has 3 heterocycles. The van der Waals surface area contributed by atoms with Crippen LogP contribution in [-0.4, -0.2) is 50.0 Å². The second-order valence-corrected chi connectivity index (χ2v) is 7.28. The second-order valence-electron chi connectivity index (χ2n) is 6.87. The topological polar surface area (TPSA) is 74.4 Å². The van der Waals surface area contributed by atoms with Crippen molar-refractivity contribution >= 4 is 28.5 Å². The van der Waals surface area contributed by atoms with Gasteiger partial charge in [-0.3, -0.25) is 0 Å². The molecule has 2 N–H and O–H groups in total. The molecule has 0 unspecified atom stereocenters. The van der Waals surface area contributed by atoms with Gasteiger partial charge in [-0.25, -0.2) is 9.97 Å². The largest absolute Gasteiger partial charge is 0.393 e. The van der Waals surface area contributed by atoms with E-state index in [1.807, 2.05) is 41.9 Å². The van der Waals surface area contributed by atoms with Gasteiger partial charge in [0.1, 0.15) is 11.6 Å². The summed E-state index contributed by atoms with van der Waals surface area (Å²) in [6.45, 7) is 1.06. The SMILES string of the molecule is Cn1c(-c2cc(N3CCC(O)(CO)CC3)ncc2Cl)nc2ccccc21. The normalized spacial score (nSPS) is 17.0. The van der Waals surface area contributed by atoms with E-state index >= 15 is 0 Å². The first-order valence-electron chi connectivity index (χ1n) is 8.66. The third-order valence-corrected chi connectivity index (χ3v) is 5.48. The van der Waals surface area contributed by atoms with Gasteiger partial charge in [-0.1, -0.05) is 23.7 Å². The van der Waals surface area contributed by atoms with Crippen molar-refractivity contribution in [1.82, 2.24) is 14.5 Å². The average molecular weight is 373 g/mol. The number of para-hydroxylation sites is 2. The summed E-state index contributed by atoms with van der Waals surface area (Å²) in [5, 5.41) is 20.1. The molecule has 0 amide bonds. The fourth-order valence-corrected chi connectivity index (χ4v) is 3.66. The predicted octanol–water partition coefficient (Wildman–Crippen LogP) is 2.61. The van der Waals surface area contributed by atoms with Crippen LogP contribution in [0.1, 0.15) is 12.8 Å². The first-order chi connectivity index (χ1) is 12.5. The number of hydrogen-bond acceptors (Lipinski definition) is 5. The first-order valence-corrected chi connectivity index (χ1v) is 9.04. The van der Waals surface area contributed by atoms with Gasteiger partial charge in [0.15, 0.2) is 0 Å². The number of nitrogens with zero attached hydrogens (tertiary/aromatic N) is 4. The highest BCUT2D eigenvalue weighted by atomic mass is 35.5. The van der Waals surface area contributed by atoms with Crippen LogP contribution in [0.15, 0.2) is 36.5 Å². The molecule has 0 aliphatic carbocycles. The molecule has 6 nitrogen and oxygen atoms in total. The van der Waals surface area contributed by atoms with Crippen LogP contribution in [0.2, 0.25) is 5.02 Å². The summed E-state index contributed by atoms with van der Waals surface area (Å²) in [5.41, 5.74) is 1.81. The van der Waals surface area contributed by atoms with E-state index in [9.17, 15) is 10.2 Å². The number of benzene rings is 1. The van der Waals surface area contributed by atoms with E-state index in [0.29, 0.717) is 31.0 Å². The third-order valence-electron chi connectivity index (χ3n) is 5.18. The Morgan fingerprint density at radius 1 is 1.23 bits per heavy atom. The van der Waals surface area contributed by atoms with Gasteiger partial charge < -0.3 is 19.7 Å². The number of rotatable bonds is 3. The molecule has 1 aliphatic heterocycles. The molecule has 7 heteroatoms. The number of fused-ring (bicyclic) bond motifs is 1. The molecule has 0 bridgehead atoms. The van der Waals surface area contributed by atoms with E-state index in [0.717, 1.165) is 28.2 Å². The Hall–Kier alpha value is -2.15. The van der Waals surface area contributed by atoms with E-state index in [4.69, 9.17) is 16.6 Å². The number of anilines is 1. The van der Waals surface area contributed by atoms with Crippen LogP contribution in [0.4, 0.5) is 5.82 Å². The van der Waals surface area contributed by atoms with Crippen LogP contribution in [0.5, 0.6) is 0 Å². The molecule has 1 aliphatic rings. The van der Waals surface area contributed by atoms with Gasteiger partial charge in [0, 0.05) is 31.9 Å². The van der Waals surface area contributed by atoms with Gasteiger partial charge in [-0.05, 0) is 31.0 Å². The quantitative estimate of drug-likeness (QED) is 0.739. The summed E-state index contributed by atoms with van der Waals surface area (Å²) in [5.74, 6) is 1.60. The van der Waals surface area contributed by atoms with E-state index < -0.39 is 5.60 Å². The van der Waals surface area contributed by atoms with Crippen LogP contribution in [-0.2, 0) is 7.05 Å². The fourth-order valence-electron chi connectivity index (χ4n) is 3.47. The molecule has 0 radical (unpaired) electrons. The lowest BCUT2D eigenvalue weighted by Gasteiger charge is -2.37. The van der Waals surface area contributed by atoms with Gasteiger partial charge >= 0.3 is 0 Å². The van der Waals surface area contributed by atoms with E-state index in [1.54, 1.807) is 6.20 Å². The predicted molar refractivity (Wildman–Crippen MR) is 102 cm³/mol. The molecule has 0 atom stereocenters. The Labute approximate surface area is 156 Å². The van der Waals surface area contributed by atoms with Crippen LogP contribution in [0, 0.1) is 0 Å². The van der Waals surface area contributed by atoms with Crippen molar-refractivity contribution in [3.8, 4) is 11.4 Å². The molecule has 4 rings (SSSR count). The first kappa shape index (κ1) is 17.3. The molecule has 3 aromatic rings. The number of imidazole rings is 1. The van der Waals surface area contributed by atoms with Crippen molar-refractivity contribution < 1.29 is 10.2 Å². The third kappa shape index (κ3) is 2.94. The number of pyridine rings is 1. The Morgan fingerprint density at radius 3 is 2.65 bits per heavy atom. The minimum atomic E-state index is -0.983. The number of aryl methyl sites for hydroxylation is 1. The summed E-state index contributed by atoms with van der Waals surface area (Å²) in [7, 11) is 1.98. The van der Waals surface area contributed by atoms with Crippen LogP contribution in [0.3, 0.4) is 0 Å². The highest BCUT2D eigenvalue weighted by Gasteiger charge is 2.32. The maximum absolute atomic E-state index is 10.2. The van der Waals surface area contributed by atoms with Crippen LogP contribution in [0.25, 0.3) is 22.4 Å². The molecular formula is C19H21ClN4O2. The Bertz CT molecular complexity index is 948. The van der Waals surface area contributed by atoms with Gasteiger partial charge in [0.05, 0.1) is 28.3 Å². The molecule has 26 heavy (non-hydrogen) atoms. The van der Waals surface area contributed by atoms with Crippen LogP contribution >= 0.6 is 11.6 Å². The molecule has 0 spiro atoms. The van der Waals surface area contributed by atoms with Crippen LogP contribution < -0.4 is 4.90 Å². The molecule has 2 aromatic heterocycles. The summed E-state index contributed by atoms with van der Waals surface area (Å²) in [4.78, 5) is 11.3. The minimum Gasteiger partial charge on any atom is -0.393 e. The molecule has 0 saturated carbocycles. The molecule has 1 saturated heterocycles. The van der Waals surface area contributed by atoms with Crippen molar-refractivity contribution in [2.75, 3.05) is 24.6 Å². The number of halogens is 1. The monoisotopic (exact) mass is 372 g/mol. The number of hydrogen-bond donors (Lipinski definition) is 2. The summed E-state index contributed by atoms with van der Waals surface area (Å²) in [6.07, 6.45) is 2.67. The van der Waals surface area contributed by atoms with Gasteiger partial charge in [0.25, 0.3) is 0 Å². The lowest BCUT2D eigenvalue weighted by Crippen LogP contribution is -2.46. The molecule has 136 valence electrons. The average Bonchev–Trinajstić information content (AvgIpc) is 3.00. The summed E-state index contributed by atoms with van der Waals surface area (Å²) < 4.78 is 2.03. The van der Waals surface area contributed by atoms with Crippen molar-refractivity contribution in [3.05, 3.63) is 41.6 Å². The zero-order chi connectivity index (χ0) is 18.3. The molecule has 1 fully saturated rings. The van der Waals surface area contributed by atoms with Gasteiger partial charge in [0.2, 0.25) is 0 Å². The number of aromatic nitrogens is 3. The zero-order valence-corrected chi connectivity index (χ0v) is 15.3. The van der Waals surface area contributed by atoms with Crippen molar-refractivity contribution in [2.24, 2.45) is 7.05 Å². The number of aliphatic hydroxyl groups excluding tert-OH is 1. The van der Waals surface area contributed by atoms with Crippen molar-refractivity contribution in [1.29, 1.82) is 0 Å². The van der Waals surface area contributed by atoms with Crippen molar-refractivity contribution in [2.45, 2.75) is 18.4 Å². The van der Waals surface area contributed by atoms with Crippen molar-refractivity contribution in [3.63, 3.8) is 0 Å². The Morgan fingerprint density at radius 2 is 1.96 bits per heavy atom. The van der Waals surface area contributed by atoms with Gasteiger partial charge in [-0.15, -0.1) is 0 Å². The highest BCUT2D eigenvalue weighted by molar-refractivity contribution is 6.33. The lowest BCUT2D eigenvalue weighted by molar-refractivity contribution is -0.0326. The lowest BCUT2D eigenvalue weighted by atomic mass is 9.92. The Balaban J connectivity index is 1.70. The summed E-state index contributed by atoms with van der Waals surface area (Å²) >= 11 is 6.43. The van der Waals surface area contributed by atoms with E-state index in [1.165, 1.54) is 0 Å². The number of piperidine rings is 1.